The Balaban J connectivity index is 0.000000882. The van der Waals surface area contributed by atoms with Crippen LogP contribution in [0.1, 0.15) is 42.7 Å². The lowest BCUT2D eigenvalue weighted by Crippen LogP contribution is -2.56. The zero-order valence-corrected chi connectivity index (χ0v) is 14.8. The SMILES string of the molecule is Cl.Cl.c1ccc2c(c1)CCC[C@H]2CN[C@@H]1CN2CCC1CC2. The quantitative estimate of drug-likeness (QED) is 0.902. The highest BCUT2D eigenvalue weighted by atomic mass is 35.5. The molecule has 1 aliphatic carbocycles. The first-order valence-electron chi connectivity index (χ1n) is 8.44. The number of hydrogen-bond acceptors (Lipinski definition) is 2. The van der Waals surface area contributed by atoms with Gasteiger partial charge in [-0.05, 0) is 68.2 Å². The molecule has 1 aromatic carbocycles. The van der Waals surface area contributed by atoms with E-state index in [-0.39, 0.29) is 24.8 Å². The summed E-state index contributed by atoms with van der Waals surface area (Å²) < 4.78 is 0. The Morgan fingerprint density at radius 3 is 2.55 bits per heavy atom. The zero-order valence-electron chi connectivity index (χ0n) is 13.2. The van der Waals surface area contributed by atoms with Gasteiger partial charge in [0.2, 0.25) is 0 Å². The molecule has 4 heteroatoms. The Bertz CT molecular complexity index is 472. The lowest BCUT2D eigenvalue weighted by Gasteiger charge is -2.45. The van der Waals surface area contributed by atoms with Crippen LogP contribution in [0.15, 0.2) is 24.3 Å². The summed E-state index contributed by atoms with van der Waals surface area (Å²) in [5, 5.41) is 3.92. The number of nitrogens with zero attached hydrogens (tertiary/aromatic N) is 1. The molecule has 0 amide bonds. The van der Waals surface area contributed by atoms with Gasteiger partial charge in [-0.3, -0.25) is 0 Å². The molecule has 22 heavy (non-hydrogen) atoms. The largest absolute Gasteiger partial charge is 0.312 e. The lowest BCUT2D eigenvalue weighted by molar-refractivity contribution is 0.0718. The second-order valence-electron chi connectivity index (χ2n) is 6.94. The zero-order chi connectivity index (χ0) is 13.4. The standard InChI is InChI=1S/C18H26N2.2ClH/c1-2-7-17-14(4-1)5-3-6-16(17)12-19-18-13-20-10-8-15(18)9-11-20;;/h1-2,4,7,15-16,18-19H,3,5-6,8-13H2;2*1H/t16-,18+;;/m0../s1. The lowest BCUT2D eigenvalue weighted by atomic mass is 9.81. The highest BCUT2D eigenvalue weighted by Crippen LogP contribution is 2.32. The molecule has 3 aliphatic heterocycles. The number of rotatable bonds is 3. The molecule has 124 valence electrons. The Hall–Kier alpha value is -0.280. The third-order valence-electron chi connectivity index (χ3n) is 5.78. The van der Waals surface area contributed by atoms with Gasteiger partial charge in [-0.25, -0.2) is 0 Å². The summed E-state index contributed by atoms with van der Waals surface area (Å²) in [5.74, 6) is 1.69. The summed E-state index contributed by atoms with van der Waals surface area (Å²) >= 11 is 0. The molecule has 5 rings (SSSR count). The van der Waals surface area contributed by atoms with E-state index in [4.69, 9.17) is 0 Å². The van der Waals surface area contributed by atoms with Crippen LogP contribution in [-0.2, 0) is 6.42 Å². The van der Waals surface area contributed by atoms with Crippen molar-refractivity contribution in [1.29, 1.82) is 0 Å². The predicted molar refractivity (Wildman–Crippen MR) is 97.6 cm³/mol. The van der Waals surface area contributed by atoms with Gasteiger partial charge in [0, 0.05) is 19.1 Å². The predicted octanol–water partition coefficient (Wildman–Crippen LogP) is 3.63. The number of hydrogen-bond donors (Lipinski definition) is 1. The Kier molecular flexibility index (Phi) is 6.58. The van der Waals surface area contributed by atoms with Crippen LogP contribution in [0.3, 0.4) is 0 Å². The van der Waals surface area contributed by atoms with Gasteiger partial charge in [-0.2, -0.15) is 0 Å². The van der Waals surface area contributed by atoms with Crippen LogP contribution < -0.4 is 5.32 Å². The van der Waals surface area contributed by atoms with Crippen LogP contribution in [0.2, 0.25) is 0 Å². The van der Waals surface area contributed by atoms with Gasteiger partial charge < -0.3 is 10.2 Å². The summed E-state index contributed by atoms with van der Waals surface area (Å²) in [6.07, 6.45) is 6.85. The molecule has 2 nitrogen and oxygen atoms in total. The molecule has 2 atom stereocenters. The van der Waals surface area contributed by atoms with Crippen LogP contribution in [0.4, 0.5) is 0 Å². The van der Waals surface area contributed by atoms with Crippen LogP contribution >= 0.6 is 24.8 Å². The first-order chi connectivity index (χ1) is 9.90. The van der Waals surface area contributed by atoms with E-state index >= 15 is 0 Å². The van der Waals surface area contributed by atoms with E-state index in [1.54, 1.807) is 11.1 Å². The molecule has 1 aromatic rings. The Labute approximate surface area is 146 Å². The van der Waals surface area contributed by atoms with Gasteiger partial charge in [0.1, 0.15) is 0 Å². The number of piperidine rings is 3. The third kappa shape index (κ3) is 3.62. The van der Waals surface area contributed by atoms with Crippen molar-refractivity contribution in [1.82, 2.24) is 10.2 Å². The van der Waals surface area contributed by atoms with Gasteiger partial charge in [0.15, 0.2) is 0 Å². The minimum Gasteiger partial charge on any atom is -0.312 e. The minimum atomic E-state index is 0. The van der Waals surface area contributed by atoms with Crippen molar-refractivity contribution in [3.63, 3.8) is 0 Å². The highest BCUT2D eigenvalue weighted by molar-refractivity contribution is 5.85. The second-order valence-corrected chi connectivity index (χ2v) is 6.94. The molecular weight excluding hydrogens is 315 g/mol. The number of aryl methyl sites for hydroxylation is 1. The van der Waals surface area contributed by atoms with E-state index in [1.807, 2.05) is 0 Å². The molecule has 4 aliphatic rings. The fourth-order valence-electron chi connectivity index (χ4n) is 4.56. The molecule has 0 unspecified atom stereocenters. The molecule has 3 saturated heterocycles. The maximum absolute atomic E-state index is 3.92. The fourth-order valence-corrected chi connectivity index (χ4v) is 4.56. The first-order valence-corrected chi connectivity index (χ1v) is 8.44. The average Bonchev–Trinajstić information content (AvgIpc) is 2.54. The van der Waals surface area contributed by atoms with E-state index in [0.717, 1.165) is 17.9 Å². The molecule has 0 spiro atoms. The van der Waals surface area contributed by atoms with Crippen LogP contribution in [0.5, 0.6) is 0 Å². The number of nitrogens with one attached hydrogen (secondary N) is 1. The first kappa shape index (κ1) is 18.1. The molecule has 3 heterocycles. The summed E-state index contributed by atoms with van der Waals surface area (Å²) in [7, 11) is 0. The minimum absolute atomic E-state index is 0. The maximum Gasteiger partial charge on any atom is 0.0224 e. The summed E-state index contributed by atoms with van der Waals surface area (Å²) in [6, 6.07) is 9.85. The molecule has 0 saturated carbocycles. The van der Waals surface area contributed by atoms with E-state index in [0.29, 0.717) is 0 Å². The van der Waals surface area contributed by atoms with Crippen LogP contribution in [-0.4, -0.2) is 37.1 Å². The molecular formula is C18H28Cl2N2. The van der Waals surface area contributed by atoms with Crippen molar-refractivity contribution in [2.75, 3.05) is 26.2 Å². The van der Waals surface area contributed by atoms with E-state index in [1.165, 1.54) is 58.3 Å². The third-order valence-corrected chi connectivity index (χ3v) is 5.78. The molecule has 2 bridgehead atoms. The van der Waals surface area contributed by atoms with Gasteiger partial charge >= 0.3 is 0 Å². The normalized spacial score (nSPS) is 32.5. The molecule has 1 N–H and O–H groups in total. The Morgan fingerprint density at radius 2 is 1.82 bits per heavy atom. The van der Waals surface area contributed by atoms with E-state index in [9.17, 15) is 0 Å². The van der Waals surface area contributed by atoms with E-state index in [2.05, 4.69) is 34.5 Å². The monoisotopic (exact) mass is 342 g/mol. The van der Waals surface area contributed by atoms with E-state index < -0.39 is 0 Å². The summed E-state index contributed by atoms with van der Waals surface area (Å²) in [6.45, 7) is 5.16. The number of fused-ring (bicyclic) bond motifs is 4. The molecule has 0 aromatic heterocycles. The topological polar surface area (TPSA) is 15.3 Å². The maximum atomic E-state index is 3.92. The van der Waals surface area contributed by atoms with Crippen LogP contribution in [0, 0.1) is 5.92 Å². The molecule has 0 radical (unpaired) electrons. The van der Waals surface area contributed by atoms with Crippen molar-refractivity contribution in [2.24, 2.45) is 5.92 Å². The van der Waals surface area contributed by atoms with Crippen molar-refractivity contribution in [2.45, 2.75) is 44.1 Å². The number of halogens is 2. The summed E-state index contributed by atoms with van der Waals surface area (Å²) in [4.78, 5) is 2.65. The Morgan fingerprint density at radius 1 is 1.05 bits per heavy atom. The highest BCUT2D eigenvalue weighted by Gasteiger charge is 2.34. The molecule has 3 fully saturated rings. The average molecular weight is 343 g/mol. The van der Waals surface area contributed by atoms with Gasteiger partial charge in [0.05, 0.1) is 0 Å². The van der Waals surface area contributed by atoms with Crippen molar-refractivity contribution in [3.05, 3.63) is 35.4 Å². The summed E-state index contributed by atoms with van der Waals surface area (Å²) in [5.41, 5.74) is 3.21. The van der Waals surface area contributed by atoms with Crippen molar-refractivity contribution in [3.8, 4) is 0 Å². The smallest absolute Gasteiger partial charge is 0.0224 e. The van der Waals surface area contributed by atoms with Gasteiger partial charge in [0.25, 0.3) is 0 Å². The van der Waals surface area contributed by atoms with Crippen molar-refractivity contribution >= 4 is 24.8 Å². The second kappa shape index (κ2) is 8.01. The van der Waals surface area contributed by atoms with Gasteiger partial charge in [-0.15, -0.1) is 24.8 Å². The van der Waals surface area contributed by atoms with Crippen LogP contribution in [0.25, 0.3) is 0 Å². The number of benzene rings is 1. The van der Waals surface area contributed by atoms with Crippen molar-refractivity contribution < 1.29 is 0 Å². The fraction of sp³-hybridized carbons (Fsp3) is 0.667. The van der Waals surface area contributed by atoms with Gasteiger partial charge in [-0.1, -0.05) is 24.3 Å².